The summed E-state index contributed by atoms with van der Waals surface area (Å²) in [6.07, 6.45) is 2.14. The number of fused-ring (bicyclic) bond motifs is 3. The van der Waals surface area contributed by atoms with E-state index in [1.54, 1.807) is 24.5 Å². The van der Waals surface area contributed by atoms with E-state index in [4.69, 9.17) is 0 Å². The van der Waals surface area contributed by atoms with Gasteiger partial charge in [0.2, 0.25) is 11.7 Å². The Labute approximate surface area is 175 Å². The zero-order valence-corrected chi connectivity index (χ0v) is 17.4. The summed E-state index contributed by atoms with van der Waals surface area (Å²) in [5, 5.41) is 13.8. The van der Waals surface area contributed by atoms with Crippen molar-refractivity contribution < 1.29 is 4.79 Å². The molecule has 0 unspecified atom stereocenters. The fourth-order valence-electron chi connectivity index (χ4n) is 3.50. The van der Waals surface area contributed by atoms with Crippen LogP contribution < -0.4 is 5.56 Å². The van der Waals surface area contributed by atoms with Gasteiger partial charge in [0, 0.05) is 19.6 Å². The smallest absolute Gasteiger partial charge is 0.262 e. The molecule has 0 aliphatic heterocycles. The summed E-state index contributed by atoms with van der Waals surface area (Å²) in [5.74, 6) is 0.869. The normalized spacial score (nSPS) is 14.0. The molecule has 1 aliphatic carbocycles. The van der Waals surface area contributed by atoms with E-state index in [0.29, 0.717) is 34.7 Å². The van der Waals surface area contributed by atoms with Crippen LogP contribution >= 0.6 is 23.1 Å². The van der Waals surface area contributed by atoms with Crippen molar-refractivity contribution in [2.24, 2.45) is 7.05 Å². The highest BCUT2D eigenvalue weighted by Crippen LogP contribution is 2.30. The number of para-hydroxylation sites is 1. The van der Waals surface area contributed by atoms with Gasteiger partial charge >= 0.3 is 0 Å². The summed E-state index contributed by atoms with van der Waals surface area (Å²) >= 11 is 3.01. The molecule has 148 valence electrons. The number of amides is 1. The Hall–Kier alpha value is -2.65. The molecular weight excluding hydrogens is 406 g/mol. The van der Waals surface area contributed by atoms with Crippen LogP contribution in [-0.4, -0.2) is 41.8 Å². The Bertz CT molecular complexity index is 1260. The van der Waals surface area contributed by atoms with Crippen molar-refractivity contribution in [1.29, 1.82) is 0 Å². The molecule has 4 aromatic rings. The van der Waals surface area contributed by atoms with Crippen LogP contribution in [0, 0.1) is 0 Å². The molecule has 3 heterocycles. The number of benzene rings is 1. The van der Waals surface area contributed by atoms with E-state index in [0.717, 1.165) is 18.4 Å². The first kappa shape index (κ1) is 18.4. The lowest BCUT2D eigenvalue weighted by Crippen LogP contribution is -2.33. The number of thiophene rings is 1. The number of aryl methyl sites for hydroxylation is 1. The average molecular weight is 426 g/mol. The lowest BCUT2D eigenvalue weighted by Gasteiger charge is -2.21. The van der Waals surface area contributed by atoms with Gasteiger partial charge in [0.25, 0.3) is 5.56 Å². The van der Waals surface area contributed by atoms with Crippen molar-refractivity contribution in [1.82, 2.24) is 24.1 Å². The van der Waals surface area contributed by atoms with Crippen LogP contribution in [0.15, 0.2) is 51.0 Å². The largest absolute Gasteiger partial charge is 0.335 e. The second-order valence-electron chi connectivity index (χ2n) is 7.17. The Morgan fingerprint density at radius 3 is 2.86 bits per heavy atom. The van der Waals surface area contributed by atoms with Gasteiger partial charge in [-0.05, 0) is 47.4 Å². The standard InChI is InChI=1S/C20H19N5O2S2/c1-23-18(27)15-4-2-3-5-16(15)25-19(23)21-22-20(25)29-12-17(26)24(14-6-7-14)10-13-8-9-28-11-13/h2-5,8-9,11,14H,6-7,10,12H2,1H3. The predicted octanol–water partition coefficient (Wildman–Crippen LogP) is 2.93. The highest BCUT2D eigenvalue weighted by molar-refractivity contribution is 7.99. The van der Waals surface area contributed by atoms with E-state index in [1.807, 2.05) is 32.9 Å². The fraction of sp³-hybridized carbons (Fsp3) is 0.300. The third-order valence-electron chi connectivity index (χ3n) is 5.16. The molecular formula is C20H19N5O2S2. The van der Waals surface area contributed by atoms with Gasteiger partial charge in [-0.25, -0.2) is 0 Å². The molecule has 5 rings (SSSR count). The molecule has 29 heavy (non-hydrogen) atoms. The zero-order chi connectivity index (χ0) is 20.0. The van der Waals surface area contributed by atoms with Crippen LogP contribution in [0.3, 0.4) is 0 Å². The number of nitrogens with zero attached hydrogens (tertiary/aromatic N) is 5. The second kappa shape index (κ2) is 7.31. The van der Waals surface area contributed by atoms with Crippen LogP contribution in [-0.2, 0) is 18.4 Å². The van der Waals surface area contributed by atoms with Gasteiger partial charge < -0.3 is 4.90 Å². The number of thioether (sulfide) groups is 1. The first-order chi connectivity index (χ1) is 14.1. The number of carbonyl (C=O) groups is 1. The van der Waals surface area contributed by atoms with E-state index in [-0.39, 0.29) is 11.5 Å². The highest BCUT2D eigenvalue weighted by atomic mass is 32.2. The van der Waals surface area contributed by atoms with Crippen LogP contribution in [0.1, 0.15) is 18.4 Å². The van der Waals surface area contributed by atoms with Crippen molar-refractivity contribution >= 4 is 45.7 Å². The predicted molar refractivity (Wildman–Crippen MR) is 114 cm³/mol. The molecule has 0 saturated heterocycles. The van der Waals surface area contributed by atoms with E-state index < -0.39 is 0 Å². The fourth-order valence-corrected chi connectivity index (χ4v) is 4.99. The summed E-state index contributed by atoms with van der Waals surface area (Å²) in [4.78, 5) is 27.5. The maximum atomic E-state index is 13.0. The van der Waals surface area contributed by atoms with Gasteiger partial charge in [-0.2, -0.15) is 11.3 Å². The molecule has 1 aliphatic rings. The monoisotopic (exact) mass is 425 g/mol. The zero-order valence-electron chi connectivity index (χ0n) is 15.8. The Balaban J connectivity index is 1.43. The SMILES string of the molecule is Cn1c(=O)c2ccccc2n2c(SCC(=O)N(Cc3ccsc3)C3CC3)nnc12. The average Bonchev–Trinajstić information content (AvgIpc) is 3.27. The number of hydrogen-bond donors (Lipinski definition) is 0. The maximum absolute atomic E-state index is 13.0. The van der Waals surface area contributed by atoms with Crippen molar-refractivity contribution in [2.45, 2.75) is 30.6 Å². The van der Waals surface area contributed by atoms with Gasteiger partial charge in [0.1, 0.15) is 0 Å². The molecule has 0 radical (unpaired) electrons. The highest BCUT2D eigenvalue weighted by Gasteiger charge is 2.32. The molecule has 0 N–H and O–H groups in total. The summed E-state index contributed by atoms with van der Waals surface area (Å²) < 4.78 is 3.35. The Kier molecular flexibility index (Phi) is 4.63. The van der Waals surface area contributed by atoms with Crippen LogP contribution in [0.2, 0.25) is 0 Å². The van der Waals surface area contributed by atoms with Crippen molar-refractivity contribution in [3.05, 3.63) is 57.0 Å². The van der Waals surface area contributed by atoms with Gasteiger partial charge in [-0.3, -0.25) is 18.6 Å². The number of carbonyl (C=O) groups excluding carboxylic acids is 1. The van der Waals surface area contributed by atoms with Crippen molar-refractivity contribution in [2.75, 3.05) is 5.75 Å². The second-order valence-corrected chi connectivity index (χ2v) is 8.89. The van der Waals surface area contributed by atoms with E-state index in [1.165, 1.54) is 21.9 Å². The first-order valence-corrected chi connectivity index (χ1v) is 11.3. The molecule has 0 atom stereocenters. The number of aromatic nitrogens is 4. The molecule has 7 nitrogen and oxygen atoms in total. The Morgan fingerprint density at radius 2 is 2.10 bits per heavy atom. The molecule has 1 amide bonds. The summed E-state index contributed by atoms with van der Waals surface area (Å²) in [6.45, 7) is 0.658. The van der Waals surface area contributed by atoms with Gasteiger partial charge in [-0.1, -0.05) is 23.9 Å². The molecule has 1 aromatic carbocycles. The number of hydrogen-bond acceptors (Lipinski definition) is 6. The number of rotatable bonds is 6. The van der Waals surface area contributed by atoms with Gasteiger partial charge in [0.15, 0.2) is 5.16 Å². The quantitative estimate of drug-likeness (QED) is 0.444. The molecule has 1 saturated carbocycles. The summed E-state index contributed by atoms with van der Waals surface area (Å²) in [5.41, 5.74) is 1.82. The van der Waals surface area contributed by atoms with Gasteiger partial charge in [-0.15, -0.1) is 10.2 Å². The van der Waals surface area contributed by atoms with Crippen molar-refractivity contribution in [3.8, 4) is 0 Å². The van der Waals surface area contributed by atoms with Crippen LogP contribution in [0.4, 0.5) is 0 Å². The van der Waals surface area contributed by atoms with E-state index in [2.05, 4.69) is 21.6 Å². The third kappa shape index (κ3) is 3.34. The molecule has 0 bridgehead atoms. The third-order valence-corrected chi connectivity index (χ3v) is 6.81. The molecule has 9 heteroatoms. The lowest BCUT2D eigenvalue weighted by atomic mass is 10.2. The van der Waals surface area contributed by atoms with E-state index >= 15 is 0 Å². The first-order valence-electron chi connectivity index (χ1n) is 9.39. The lowest BCUT2D eigenvalue weighted by molar-refractivity contribution is -0.129. The minimum absolute atomic E-state index is 0.106. The summed E-state index contributed by atoms with van der Waals surface area (Å²) in [7, 11) is 1.69. The van der Waals surface area contributed by atoms with E-state index in [9.17, 15) is 9.59 Å². The minimum Gasteiger partial charge on any atom is -0.335 e. The summed E-state index contributed by atoms with van der Waals surface area (Å²) in [6, 6.07) is 9.82. The van der Waals surface area contributed by atoms with Crippen LogP contribution in [0.25, 0.3) is 16.7 Å². The molecule has 0 spiro atoms. The van der Waals surface area contributed by atoms with Crippen molar-refractivity contribution in [3.63, 3.8) is 0 Å². The van der Waals surface area contributed by atoms with Gasteiger partial charge in [0.05, 0.1) is 16.7 Å². The topological polar surface area (TPSA) is 72.5 Å². The maximum Gasteiger partial charge on any atom is 0.262 e. The molecule has 1 fully saturated rings. The molecule has 3 aromatic heterocycles. The van der Waals surface area contributed by atoms with Crippen LogP contribution in [0.5, 0.6) is 0 Å². The minimum atomic E-state index is -0.108. The Morgan fingerprint density at radius 1 is 1.28 bits per heavy atom.